The van der Waals surface area contributed by atoms with E-state index in [0.717, 1.165) is 38.4 Å². The molecule has 0 amide bonds. The molecular weight excluding hydrogens is 406 g/mol. The molecule has 33 heavy (non-hydrogen) atoms. The number of benzene rings is 3. The fourth-order valence-corrected chi connectivity index (χ4v) is 4.63. The summed E-state index contributed by atoms with van der Waals surface area (Å²) >= 11 is 0. The molecule has 6 aromatic rings. The van der Waals surface area contributed by atoms with E-state index in [1.807, 2.05) is 42.5 Å². The molecular formula is C29H23N3O. The number of phenolic OH excluding ortho intramolecular Hbond substituents is 1. The zero-order valence-corrected chi connectivity index (χ0v) is 18.4. The average molecular weight is 432 g/mol. The van der Waals surface area contributed by atoms with Gasteiger partial charge in [-0.25, -0.2) is 9.97 Å². The Morgan fingerprint density at radius 2 is 1.70 bits per heavy atom. The van der Waals surface area contributed by atoms with Gasteiger partial charge in [0.1, 0.15) is 17.1 Å². The number of hydrogen-bond donors (Lipinski definition) is 1. The molecule has 6 rings (SSSR count). The van der Waals surface area contributed by atoms with E-state index in [-0.39, 0.29) is 17.8 Å². The molecule has 0 unspecified atom stereocenters. The van der Waals surface area contributed by atoms with Crippen LogP contribution in [0.15, 0.2) is 97.1 Å². The van der Waals surface area contributed by atoms with Crippen LogP contribution in [-0.4, -0.2) is 19.6 Å². The van der Waals surface area contributed by atoms with Gasteiger partial charge in [0.2, 0.25) is 0 Å². The smallest absolute Gasteiger partial charge is 0.141 e. The second kappa shape index (κ2) is 7.17. The van der Waals surface area contributed by atoms with Crippen LogP contribution in [0.25, 0.3) is 38.5 Å². The summed E-state index contributed by atoms with van der Waals surface area (Å²) in [6.07, 6.45) is 1.43. The van der Waals surface area contributed by atoms with Crippen LogP contribution in [0.5, 0.6) is 5.75 Å². The molecule has 0 saturated carbocycles. The monoisotopic (exact) mass is 431 g/mol. The van der Waals surface area contributed by atoms with Crippen molar-refractivity contribution in [2.45, 2.75) is 19.3 Å². The second-order valence-electron chi connectivity index (χ2n) is 8.80. The number of aromatic hydroxyl groups is 1. The number of phenols is 1. The molecule has 4 nitrogen and oxygen atoms in total. The number of hydrogen-bond acceptors (Lipinski definition) is 3. The normalized spacial score (nSPS) is 12.9. The summed E-state index contributed by atoms with van der Waals surface area (Å²) in [4.78, 5) is 9.32. The van der Waals surface area contributed by atoms with Crippen LogP contribution in [0.1, 0.15) is 27.8 Å². The van der Waals surface area contributed by atoms with Gasteiger partial charge in [0.05, 0.1) is 19.5 Å². The molecule has 1 N–H and O–H groups in total. The first-order chi connectivity index (χ1) is 16.8. The van der Waals surface area contributed by atoms with E-state index in [1.54, 1.807) is 12.1 Å². The molecule has 0 spiro atoms. The van der Waals surface area contributed by atoms with E-state index >= 15 is 0 Å². The lowest BCUT2D eigenvalue weighted by Crippen LogP contribution is -2.20. The highest BCUT2D eigenvalue weighted by molar-refractivity contribution is 6.09. The van der Waals surface area contributed by atoms with Crippen molar-refractivity contribution in [1.29, 1.82) is 0 Å². The van der Waals surface area contributed by atoms with Crippen molar-refractivity contribution < 1.29 is 7.85 Å². The third-order valence-electron chi connectivity index (χ3n) is 6.51. The summed E-state index contributed by atoms with van der Waals surface area (Å²) in [5.41, 5.74) is 4.06. The summed E-state index contributed by atoms with van der Waals surface area (Å²) in [5, 5.41) is 13.4. The van der Waals surface area contributed by atoms with Crippen LogP contribution >= 0.6 is 0 Å². The van der Waals surface area contributed by atoms with Crippen LogP contribution in [0.2, 0.25) is 0 Å². The SMILES string of the molecule is [2H]c1cnc(-n2c3ccccc3c3ccc(C(C)(C)c4ccc5cccc(O)c5n4)cc32)cc1[2H]. The molecule has 3 aromatic carbocycles. The third kappa shape index (κ3) is 2.99. The first-order valence-electron chi connectivity index (χ1n) is 11.9. The molecule has 3 heterocycles. The molecule has 0 fully saturated rings. The Morgan fingerprint density at radius 3 is 2.58 bits per heavy atom. The Balaban J connectivity index is 1.59. The van der Waals surface area contributed by atoms with Crippen molar-refractivity contribution in [3.8, 4) is 11.6 Å². The highest BCUT2D eigenvalue weighted by atomic mass is 16.3. The molecule has 0 atom stereocenters. The zero-order chi connectivity index (χ0) is 24.3. The molecule has 160 valence electrons. The fourth-order valence-electron chi connectivity index (χ4n) is 4.63. The maximum atomic E-state index is 10.4. The Morgan fingerprint density at radius 1 is 0.848 bits per heavy atom. The average Bonchev–Trinajstić information content (AvgIpc) is 3.19. The number of pyridine rings is 2. The number of aromatic nitrogens is 3. The lowest BCUT2D eigenvalue weighted by atomic mass is 9.80. The molecule has 0 radical (unpaired) electrons. The summed E-state index contributed by atoms with van der Waals surface area (Å²) in [7, 11) is 0. The summed E-state index contributed by atoms with van der Waals surface area (Å²) < 4.78 is 18.1. The molecule has 0 saturated heterocycles. The Labute approximate surface area is 194 Å². The van der Waals surface area contributed by atoms with Crippen molar-refractivity contribution in [2.24, 2.45) is 0 Å². The fraction of sp³-hybridized carbons (Fsp3) is 0.103. The number of nitrogens with zero attached hydrogens (tertiary/aromatic N) is 3. The topological polar surface area (TPSA) is 50.9 Å². The molecule has 0 bridgehead atoms. The standard InChI is InChI=1S/C29H23N3O/c1-29(2,26-16-13-19-8-7-11-25(33)28(19)31-26)20-14-15-22-21-9-3-4-10-23(21)32(24(22)18-20)27-12-5-6-17-30-27/h3-18,33H,1-2H3/i5D,6D. The van der Waals surface area contributed by atoms with E-state index in [4.69, 9.17) is 7.73 Å². The van der Waals surface area contributed by atoms with Crippen LogP contribution in [0, 0.1) is 0 Å². The van der Waals surface area contributed by atoms with Crippen molar-refractivity contribution in [3.05, 3.63) is 108 Å². The van der Waals surface area contributed by atoms with E-state index in [1.165, 1.54) is 6.20 Å². The molecule has 0 aliphatic rings. The Hall–Kier alpha value is -4.18. The van der Waals surface area contributed by atoms with Crippen molar-refractivity contribution >= 4 is 32.7 Å². The minimum atomic E-state index is -0.439. The predicted molar refractivity (Wildman–Crippen MR) is 134 cm³/mol. The second-order valence-corrected chi connectivity index (χ2v) is 8.80. The van der Waals surface area contributed by atoms with Gasteiger partial charge in [0.25, 0.3) is 0 Å². The maximum absolute atomic E-state index is 10.4. The van der Waals surface area contributed by atoms with E-state index in [9.17, 15) is 5.11 Å². The highest BCUT2D eigenvalue weighted by Gasteiger charge is 2.26. The molecule has 3 aromatic heterocycles. The summed E-state index contributed by atoms with van der Waals surface area (Å²) in [6, 6.07) is 25.9. The first-order valence-corrected chi connectivity index (χ1v) is 10.9. The number of fused-ring (bicyclic) bond motifs is 4. The minimum Gasteiger partial charge on any atom is -0.506 e. The zero-order valence-electron chi connectivity index (χ0n) is 20.4. The van der Waals surface area contributed by atoms with E-state index in [0.29, 0.717) is 11.3 Å². The van der Waals surface area contributed by atoms with E-state index < -0.39 is 5.41 Å². The van der Waals surface area contributed by atoms with Crippen molar-refractivity contribution in [2.75, 3.05) is 0 Å². The summed E-state index contributed by atoms with van der Waals surface area (Å²) in [6.45, 7) is 4.26. The Bertz CT molecular complexity index is 1770. The first kappa shape index (κ1) is 17.4. The van der Waals surface area contributed by atoms with Gasteiger partial charge < -0.3 is 5.11 Å². The van der Waals surface area contributed by atoms with Crippen LogP contribution in [0.3, 0.4) is 0 Å². The van der Waals surface area contributed by atoms with Gasteiger partial charge in [-0.1, -0.05) is 68.4 Å². The van der Waals surface area contributed by atoms with Crippen LogP contribution < -0.4 is 0 Å². The number of para-hydroxylation sites is 2. The van der Waals surface area contributed by atoms with Gasteiger partial charge in [0.15, 0.2) is 0 Å². The van der Waals surface area contributed by atoms with Crippen LogP contribution in [0.4, 0.5) is 0 Å². The molecule has 0 aliphatic carbocycles. The quantitative estimate of drug-likeness (QED) is 0.337. The number of rotatable bonds is 3. The van der Waals surface area contributed by atoms with E-state index in [2.05, 4.69) is 47.7 Å². The van der Waals surface area contributed by atoms with Crippen molar-refractivity contribution in [1.82, 2.24) is 14.5 Å². The highest BCUT2D eigenvalue weighted by Crippen LogP contribution is 2.37. The Kier molecular flexibility index (Phi) is 3.78. The van der Waals surface area contributed by atoms with Gasteiger partial charge in [-0.2, -0.15) is 0 Å². The predicted octanol–water partition coefficient (Wildman–Crippen LogP) is 6.76. The van der Waals surface area contributed by atoms with Gasteiger partial charge in [-0.15, -0.1) is 0 Å². The van der Waals surface area contributed by atoms with Gasteiger partial charge in [-0.3, -0.25) is 4.57 Å². The molecule has 0 aliphatic heterocycles. The maximum Gasteiger partial charge on any atom is 0.141 e. The van der Waals surface area contributed by atoms with Gasteiger partial charge in [-0.05, 0) is 41.9 Å². The lowest BCUT2D eigenvalue weighted by molar-refractivity contribution is 0.480. The summed E-state index contributed by atoms with van der Waals surface area (Å²) in [5.74, 6) is 0.784. The van der Waals surface area contributed by atoms with Gasteiger partial charge in [0, 0.05) is 27.8 Å². The van der Waals surface area contributed by atoms with Crippen molar-refractivity contribution in [3.63, 3.8) is 0 Å². The van der Waals surface area contributed by atoms with Gasteiger partial charge >= 0.3 is 0 Å². The largest absolute Gasteiger partial charge is 0.506 e. The molecule has 4 heteroatoms. The lowest BCUT2D eigenvalue weighted by Gasteiger charge is -2.25. The minimum absolute atomic E-state index is 0.0990. The van der Waals surface area contributed by atoms with Crippen LogP contribution in [-0.2, 0) is 5.41 Å². The third-order valence-corrected chi connectivity index (χ3v) is 6.51.